The lowest BCUT2D eigenvalue weighted by atomic mass is 10.2. The summed E-state index contributed by atoms with van der Waals surface area (Å²) in [5, 5.41) is 17.4. The van der Waals surface area contributed by atoms with E-state index in [9.17, 15) is 9.59 Å². The molecule has 0 aromatic carbocycles. The zero-order valence-corrected chi connectivity index (χ0v) is 8.66. The minimum Gasteiger partial charge on any atom is -0.477 e. The summed E-state index contributed by atoms with van der Waals surface area (Å²) in [6.07, 6.45) is 0. The third kappa shape index (κ3) is 2.25. The van der Waals surface area contributed by atoms with Gasteiger partial charge in [0.15, 0.2) is 5.82 Å². The molecule has 0 bridgehead atoms. The lowest BCUT2D eigenvalue weighted by molar-refractivity contribution is 0.0697. The van der Waals surface area contributed by atoms with Crippen molar-refractivity contribution in [2.45, 2.75) is 6.92 Å². The number of carboxylic acids is 1. The fraction of sp³-hybridized carbons (Fsp3) is 0.375. The molecule has 15 heavy (non-hydrogen) atoms. The van der Waals surface area contributed by atoms with E-state index in [0.29, 0.717) is 5.69 Å². The van der Waals surface area contributed by atoms with Crippen molar-refractivity contribution < 1.29 is 14.7 Å². The Balaban J connectivity index is 2.96. The van der Waals surface area contributed by atoms with Crippen LogP contribution >= 0.6 is 0 Å². The van der Waals surface area contributed by atoms with Gasteiger partial charge < -0.3 is 10.0 Å². The lowest BCUT2D eigenvalue weighted by Gasteiger charge is -2.10. The molecule has 1 heterocycles. The molecular weight excluding hydrogens is 200 g/mol. The number of rotatable bonds is 2. The predicted molar refractivity (Wildman–Crippen MR) is 53.0 cm³/mol. The van der Waals surface area contributed by atoms with E-state index in [-0.39, 0.29) is 11.4 Å². The van der Waals surface area contributed by atoms with Crippen LogP contribution in [0.2, 0.25) is 0 Å². The molecule has 0 saturated heterocycles. The Kier molecular flexibility index (Phi) is 2.93. The highest BCUT2D eigenvalue weighted by Crippen LogP contribution is 2.15. The van der Waals surface area contributed by atoms with Crippen LogP contribution in [0.1, 0.15) is 16.1 Å². The molecule has 7 heteroatoms. The first-order chi connectivity index (χ1) is 6.93. The monoisotopic (exact) mass is 212 g/mol. The third-order valence-electron chi connectivity index (χ3n) is 1.79. The predicted octanol–water partition coefficient (Wildman–Crippen LogP) is 0.510. The minimum absolute atomic E-state index is 0.0230. The van der Waals surface area contributed by atoms with Crippen LogP contribution in [0.25, 0.3) is 0 Å². The number of aryl methyl sites for hydroxylation is 1. The molecule has 0 fully saturated rings. The highest BCUT2D eigenvalue weighted by molar-refractivity contribution is 5.99. The van der Waals surface area contributed by atoms with Crippen LogP contribution < -0.4 is 5.32 Å². The Bertz CT molecular complexity index is 397. The number of hydrogen-bond donors (Lipinski definition) is 3. The van der Waals surface area contributed by atoms with Gasteiger partial charge in [0, 0.05) is 19.8 Å². The number of urea groups is 1. The molecular formula is C8H12N4O3. The molecule has 2 amide bonds. The second-order valence-corrected chi connectivity index (χ2v) is 3.20. The molecule has 0 radical (unpaired) electrons. The molecule has 1 aromatic rings. The second-order valence-electron chi connectivity index (χ2n) is 3.20. The number of nitrogens with zero attached hydrogens (tertiary/aromatic N) is 2. The molecule has 0 saturated carbocycles. The molecule has 0 aliphatic carbocycles. The van der Waals surface area contributed by atoms with E-state index in [1.54, 1.807) is 21.0 Å². The number of aromatic nitrogens is 2. The lowest BCUT2D eigenvalue weighted by Crippen LogP contribution is -2.28. The quantitative estimate of drug-likeness (QED) is 0.665. The van der Waals surface area contributed by atoms with Gasteiger partial charge in [-0.2, -0.15) is 5.10 Å². The fourth-order valence-electron chi connectivity index (χ4n) is 0.994. The molecule has 0 atom stereocenters. The van der Waals surface area contributed by atoms with E-state index < -0.39 is 12.0 Å². The number of H-pyrrole nitrogens is 1. The first kappa shape index (κ1) is 11.0. The van der Waals surface area contributed by atoms with Crippen LogP contribution in [-0.2, 0) is 0 Å². The number of hydrogen-bond acceptors (Lipinski definition) is 3. The first-order valence-corrected chi connectivity index (χ1v) is 4.20. The molecule has 0 spiro atoms. The highest BCUT2D eigenvalue weighted by Gasteiger charge is 2.19. The molecule has 82 valence electrons. The molecule has 7 nitrogen and oxygen atoms in total. The van der Waals surface area contributed by atoms with Gasteiger partial charge in [-0.1, -0.05) is 0 Å². The van der Waals surface area contributed by atoms with Gasteiger partial charge in [0.05, 0.1) is 0 Å². The summed E-state index contributed by atoms with van der Waals surface area (Å²) >= 11 is 0. The van der Waals surface area contributed by atoms with E-state index in [0.717, 1.165) is 0 Å². The molecule has 0 aliphatic rings. The summed E-state index contributed by atoms with van der Waals surface area (Å²) in [5.41, 5.74) is 0.377. The number of carbonyl (C=O) groups excluding carboxylic acids is 1. The van der Waals surface area contributed by atoms with Gasteiger partial charge in [0.2, 0.25) is 0 Å². The largest absolute Gasteiger partial charge is 0.477 e. The topological polar surface area (TPSA) is 98.3 Å². The Morgan fingerprint density at radius 2 is 2.07 bits per heavy atom. The van der Waals surface area contributed by atoms with Crippen molar-refractivity contribution in [1.29, 1.82) is 0 Å². The van der Waals surface area contributed by atoms with Gasteiger partial charge in [-0.25, -0.2) is 9.59 Å². The van der Waals surface area contributed by atoms with Crippen molar-refractivity contribution >= 4 is 17.8 Å². The van der Waals surface area contributed by atoms with Crippen molar-refractivity contribution in [2.24, 2.45) is 0 Å². The van der Waals surface area contributed by atoms with Gasteiger partial charge in [0.25, 0.3) is 0 Å². The molecule has 0 unspecified atom stereocenters. The normalized spacial score (nSPS) is 9.80. The van der Waals surface area contributed by atoms with Crippen molar-refractivity contribution in [2.75, 3.05) is 19.4 Å². The van der Waals surface area contributed by atoms with Gasteiger partial charge >= 0.3 is 12.0 Å². The van der Waals surface area contributed by atoms with E-state index >= 15 is 0 Å². The van der Waals surface area contributed by atoms with Crippen molar-refractivity contribution in [1.82, 2.24) is 15.1 Å². The minimum atomic E-state index is -1.13. The van der Waals surface area contributed by atoms with Crippen molar-refractivity contribution in [3.63, 3.8) is 0 Å². The number of aromatic carboxylic acids is 1. The number of carbonyl (C=O) groups is 2. The highest BCUT2D eigenvalue weighted by atomic mass is 16.4. The summed E-state index contributed by atoms with van der Waals surface area (Å²) in [5.74, 6) is -1.10. The Hall–Kier alpha value is -2.05. The number of nitrogens with one attached hydrogen (secondary N) is 2. The van der Waals surface area contributed by atoms with E-state index in [2.05, 4.69) is 15.5 Å². The number of anilines is 1. The number of amides is 2. The molecule has 1 aromatic heterocycles. The summed E-state index contributed by atoms with van der Waals surface area (Å²) in [4.78, 5) is 23.4. The van der Waals surface area contributed by atoms with Crippen LogP contribution in [0, 0.1) is 6.92 Å². The maximum atomic E-state index is 11.3. The second kappa shape index (κ2) is 3.99. The van der Waals surface area contributed by atoms with Gasteiger partial charge in [0.1, 0.15) is 5.56 Å². The standard InChI is InChI=1S/C8H12N4O3/c1-4-5(7(13)14)6(11-10-4)9-8(15)12(2)3/h1-3H3,(H,13,14)(H2,9,10,11,15). The van der Waals surface area contributed by atoms with Gasteiger partial charge in [-0.15, -0.1) is 0 Å². The average molecular weight is 212 g/mol. The summed E-state index contributed by atoms with van der Waals surface area (Å²) in [6.45, 7) is 1.57. The van der Waals surface area contributed by atoms with E-state index in [1.807, 2.05) is 0 Å². The fourth-order valence-corrected chi connectivity index (χ4v) is 0.994. The Labute approximate surface area is 86.1 Å². The van der Waals surface area contributed by atoms with Gasteiger partial charge in [-0.05, 0) is 6.92 Å². The van der Waals surface area contributed by atoms with Crippen LogP contribution in [0.15, 0.2) is 0 Å². The summed E-state index contributed by atoms with van der Waals surface area (Å²) < 4.78 is 0. The van der Waals surface area contributed by atoms with Crippen molar-refractivity contribution in [3.05, 3.63) is 11.3 Å². The smallest absolute Gasteiger partial charge is 0.341 e. The van der Waals surface area contributed by atoms with E-state index in [4.69, 9.17) is 5.11 Å². The number of carboxylic acid groups (broad SMARTS) is 1. The van der Waals surface area contributed by atoms with Crippen molar-refractivity contribution in [3.8, 4) is 0 Å². The van der Waals surface area contributed by atoms with E-state index in [1.165, 1.54) is 4.90 Å². The maximum Gasteiger partial charge on any atom is 0.341 e. The van der Waals surface area contributed by atoms with Crippen LogP contribution in [0.5, 0.6) is 0 Å². The Morgan fingerprint density at radius 3 is 2.53 bits per heavy atom. The van der Waals surface area contributed by atoms with Crippen LogP contribution in [0.3, 0.4) is 0 Å². The van der Waals surface area contributed by atoms with Crippen LogP contribution in [0.4, 0.5) is 10.6 Å². The SMILES string of the molecule is Cc1[nH]nc(NC(=O)N(C)C)c1C(=O)O. The number of aromatic amines is 1. The summed E-state index contributed by atoms with van der Waals surface area (Å²) in [7, 11) is 3.10. The zero-order valence-electron chi connectivity index (χ0n) is 8.66. The van der Waals surface area contributed by atoms with Crippen LogP contribution in [-0.4, -0.2) is 46.3 Å². The first-order valence-electron chi connectivity index (χ1n) is 4.20. The maximum absolute atomic E-state index is 11.3. The molecule has 3 N–H and O–H groups in total. The zero-order chi connectivity index (χ0) is 11.6. The Morgan fingerprint density at radius 1 is 1.47 bits per heavy atom. The summed E-state index contributed by atoms with van der Waals surface area (Å²) in [6, 6.07) is -0.427. The average Bonchev–Trinajstić information content (AvgIpc) is 2.46. The molecule has 0 aliphatic heterocycles. The van der Waals surface area contributed by atoms with Gasteiger partial charge in [-0.3, -0.25) is 10.4 Å². The third-order valence-corrected chi connectivity index (χ3v) is 1.79. The molecule has 1 rings (SSSR count).